The molecule has 1 saturated heterocycles. The van der Waals surface area contributed by atoms with Gasteiger partial charge in [-0.1, -0.05) is 60.2 Å². The summed E-state index contributed by atoms with van der Waals surface area (Å²) in [6, 6.07) is 25.2. The summed E-state index contributed by atoms with van der Waals surface area (Å²) >= 11 is 0. The maximum absolute atomic E-state index is 13.6. The average molecular weight is 458 g/mol. The van der Waals surface area contributed by atoms with Crippen molar-refractivity contribution in [3.05, 3.63) is 95.6 Å². The minimum absolute atomic E-state index is 0.0299. The van der Waals surface area contributed by atoms with Crippen LogP contribution in [0.3, 0.4) is 0 Å². The number of carbonyl (C=O) groups excluding carboxylic acids is 2. The van der Waals surface area contributed by atoms with Gasteiger partial charge in [0, 0.05) is 38.3 Å². The molecule has 1 N–H and O–H groups in total. The van der Waals surface area contributed by atoms with Gasteiger partial charge in [0.05, 0.1) is 13.0 Å². The van der Waals surface area contributed by atoms with Gasteiger partial charge >= 0.3 is 6.03 Å². The maximum atomic E-state index is 13.6. The second-order valence-corrected chi connectivity index (χ2v) is 8.87. The first-order valence-corrected chi connectivity index (χ1v) is 11.5. The van der Waals surface area contributed by atoms with Crippen molar-refractivity contribution in [3.8, 4) is 5.75 Å². The van der Waals surface area contributed by atoms with E-state index in [2.05, 4.69) is 5.32 Å². The molecule has 0 bridgehead atoms. The molecule has 1 fully saturated rings. The summed E-state index contributed by atoms with van der Waals surface area (Å²) in [4.78, 5) is 30.2. The van der Waals surface area contributed by atoms with Crippen LogP contribution in [0.2, 0.25) is 0 Å². The normalized spacial score (nSPS) is 17.3. The molecule has 3 aromatic rings. The van der Waals surface area contributed by atoms with E-state index >= 15 is 0 Å². The lowest BCUT2D eigenvalue weighted by Crippen LogP contribution is -2.37. The standard InChI is InChI=1S/C28H31N3O3/c1-20-12-14-23(15-13-20)29-28(33)31-18-25(22-10-7-11-24(16-22)34-3)26(19-31)27(32)30(2)17-21-8-5-4-6-9-21/h4-16,25-26H,17-19H2,1-3H3,(H,29,33). The fourth-order valence-corrected chi connectivity index (χ4v) is 4.49. The maximum Gasteiger partial charge on any atom is 0.321 e. The van der Waals surface area contributed by atoms with E-state index in [1.54, 1.807) is 16.9 Å². The number of benzene rings is 3. The average Bonchev–Trinajstić information content (AvgIpc) is 3.31. The number of aryl methyl sites for hydroxylation is 1. The van der Waals surface area contributed by atoms with Crippen molar-refractivity contribution in [2.24, 2.45) is 5.92 Å². The number of anilines is 1. The molecule has 4 rings (SSSR count). The Bertz CT molecular complexity index is 1130. The second-order valence-electron chi connectivity index (χ2n) is 8.87. The zero-order chi connectivity index (χ0) is 24.1. The number of rotatable bonds is 6. The van der Waals surface area contributed by atoms with Gasteiger partial charge in [-0.2, -0.15) is 0 Å². The number of amides is 3. The zero-order valence-corrected chi connectivity index (χ0v) is 19.9. The molecule has 0 radical (unpaired) electrons. The van der Waals surface area contributed by atoms with Gasteiger partial charge in [-0.05, 0) is 42.3 Å². The Balaban J connectivity index is 1.55. The van der Waals surface area contributed by atoms with Crippen molar-refractivity contribution in [2.75, 3.05) is 32.6 Å². The summed E-state index contributed by atoms with van der Waals surface area (Å²) < 4.78 is 5.41. The van der Waals surface area contributed by atoms with Crippen molar-refractivity contribution in [2.45, 2.75) is 19.4 Å². The minimum atomic E-state index is -0.343. The van der Waals surface area contributed by atoms with Gasteiger partial charge in [0.1, 0.15) is 5.75 Å². The molecule has 6 nitrogen and oxygen atoms in total. The Hall–Kier alpha value is -3.80. The van der Waals surface area contributed by atoms with Crippen LogP contribution in [0, 0.1) is 12.8 Å². The lowest BCUT2D eigenvalue weighted by atomic mass is 9.88. The molecule has 1 aliphatic heterocycles. The van der Waals surface area contributed by atoms with Gasteiger partial charge in [-0.3, -0.25) is 4.79 Å². The summed E-state index contributed by atoms with van der Waals surface area (Å²) in [6.45, 7) is 3.35. The lowest BCUT2D eigenvalue weighted by Gasteiger charge is -2.25. The van der Waals surface area contributed by atoms with Gasteiger partial charge in [0.25, 0.3) is 0 Å². The summed E-state index contributed by atoms with van der Waals surface area (Å²) in [5, 5.41) is 2.97. The van der Waals surface area contributed by atoms with Gasteiger partial charge in [-0.15, -0.1) is 0 Å². The first-order valence-electron chi connectivity index (χ1n) is 11.5. The van der Waals surface area contributed by atoms with E-state index in [-0.39, 0.29) is 23.8 Å². The first kappa shape index (κ1) is 23.4. The van der Waals surface area contributed by atoms with Crippen LogP contribution in [0.5, 0.6) is 5.75 Å². The highest BCUT2D eigenvalue weighted by atomic mass is 16.5. The molecule has 34 heavy (non-hydrogen) atoms. The number of urea groups is 1. The van der Waals surface area contributed by atoms with Gasteiger partial charge in [-0.25, -0.2) is 4.79 Å². The van der Waals surface area contributed by atoms with Crippen LogP contribution in [0.25, 0.3) is 0 Å². The van der Waals surface area contributed by atoms with Crippen molar-refractivity contribution in [1.29, 1.82) is 0 Å². The Morgan fingerprint density at radius 3 is 2.44 bits per heavy atom. The molecule has 1 aliphatic rings. The smallest absolute Gasteiger partial charge is 0.321 e. The minimum Gasteiger partial charge on any atom is -0.497 e. The molecule has 1 heterocycles. The SMILES string of the molecule is COc1cccc(C2CN(C(=O)Nc3ccc(C)cc3)CC2C(=O)N(C)Cc2ccccc2)c1. The van der Waals surface area contributed by atoms with E-state index in [1.807, 2.05) is 92.8 Å². The van der Waals surface area contributed by atoms with E-state index in [0.29, 0.717) is 19.6 Å². The number of carbonyl (C=O) groups is 2. The third kappa shape index (κ3) is 5.39. The monoisotopic (exact) mass is 457 g/mol. The van der Waals surface area contributed by atoms with E-state index < -0.39 is 0 Å². The van der Waals surface area contributed by atoms with Crippen LogP contribution in [0.4, 0.5) is 10.5 Å². The molecule has 0 aliphatic carbocycles. The zero-order valence-electron chi connectivity index (χ0n) is 19.9. The fraction of sp³-hybridized carbons (Fsp3) is 0.286. The van der Waals surface area contributed by atoms with Crippen LogP contribution in [0.15, 0.2) is 78.9 Å². The molecule has 0 spiro atoms. The number of nitrogens with one attached hydrogen (secondary N) is 1. The number of likely N-dealkylation sites (tertiary alicyclic amines) is 1. The number of ether oxygens (including phenoxy) is 1. The van der Waals surface area contributed by atoms with Crippen LogP contribution in [0.1, 0.15) is 22.6 Å². The van der Waals surface area contributed by atoms with Gasteiger partial charge in [0.15, 0.2) is 0 Å². The Morgan fingerprint density at radius 1 is 1.00 bits per heavy atom. The quantitative estimate of drug-likeness (QED) is 0.572. The molecular formula is C28H31N3O3. The van der Waals surface area contributed by atoms with E-state index in [4.69, 9.17) is 4.74 Å². The van der Waals surface area contributed by atoms with Gasteiger partial charge in [0.2, 0.25) is 5.91 Å². The fourth-order valence-electron chi connectivity index (χ4n) is 4.49. The predicted molar refractivity (Wildman–Crippen MR) is 134 cm³/mol. The Kier molecular flexibility index (Phi) is 7.16. The van der Waals surface area contributed by atoms with Crippen molar-refractivity contribution < 1.29 is 14.3 Å². The van der Waals surface area contributed by atoms with Crippen LogP contribution in [-0.4, -0.2) is 49.0 Å². The highest BCUT2D eigenvalue weighted by molar-refractivity contribution is 5.91. The molecular weight excluding hydrogens is 426 g/mol. The molecule has 176 valence electrons. The topological polar surface area (TPSA) is 61.9 Å². The number of nitrogens with zero attached hydrogens (tertiary/aromatic N) is 2. The summed E-state index contributed by atoms with van der Waals surface area (Å²) in [5.41, 5.74) is 3.94. The van der Waals surface area contributed by atoms with Crippen molar-refractivity contribution >= 4 is 17.6 Å². The van der Waals surface area contributed by atoms with E-state index in [9.17, 15) is 9.59 Å². The number of methoxy groups -OCH3 is 1. The molecule has 3 aromatic carbocycles. The van der Waals surface area contributed by atoms with Crippen LogP contribution < -0.4 is 10.1 Å². The third-order valence-electron chi connectivity index (χ3n) is 6.39. The predicted octanol–water partition coefficient (Wildman–Crippen LogP) is 4.91. The summed E-state index contributed by atoms with van der Waals surface area (Å²) in [7, 11) is 3.46. The number of hydrogen-bond donors (Lipinski definition) is 1. The third-order valence-corrected chi connectivity index (χ3v) is 6.39. The summed E-state index contributed by atoms with van der Waals surface area (Å²) in [6.07, 6.45) is 0. The molecule has 2 unspecified atom stereocenters. The first-order chi connectivity index (χ1) is 16.4. The summed E-state index contributed by atoms with van der Waals surface area (Å²) in [5.74, 6) is 0.306. The Labute approximate surface area is 201 Å². The molecule has 0 aromatic heterocycles. The highest BCUT2D eigenvalue weighted by Gasteiger charge is 2.41. The number of hydrogen-bond acceptors (Lipinski definition) is 3. The Morgan fingerprint density at radius 2 is 1.74 bits per heavy atom. The molecule has 3 amide bonds. The van der Waals surface area contributed by atoms with E-state index in [0.717, 1.165) is 28.1 Å². The highest BCUT2D eigenvalue weighted by Crippen LogP contribution is 2.36. The van der Waals surface area contributed by atoms with Gasteiger partial charge < -0.3 is 19.9 Å². The molecule has 2 atom stereocenters. The molecule has 6 heteroatoms. The van der Waals surface area contributed by atoms with Crippen molar-refractivity contribution in [3.63, 3.8) is 0 Å². The second kappa shape index (κ2) is 10.4. The van der Waals surface area contributed by atoms with Crippen LogP contribution in [-0.2, 0) is 11.3 Å². The molecule has 0 saturated carbocycles. The van der Waals surface area contributed by atoms with Crippen molar-refractivity contribution in [1.82, 2.24) is 9.80 Å². The lowest BCUT2D eigenvalue weighted by molar-refractivity contribution is -0.134. The van der Waals surface area contributed by atoms with Crippen LogP contribution >= 0.6 is 0 Å². The largest absolute Gasteiger partial charge is 0.497 e. The van der Waals surface area contributed by atoms with E-state index in [1.165, 1.54) is 0 Å².